The van der Waals surface area contributed by atoms with Gasteiger partial charge < -0.3 is 15.0 Å². The van der Waals surface area contributed by atoms with Crippen molar-refractivity contribution in [2.75, 3.05) is 10.2 Å². The number of urea groups is 1. The van der Waals surface area contributed by atoms with E-state index < -0.39 is 24.0 Å². The summed E-state index contributed by atoms with van der Waals surface area (Å²) < 4.78 is 33.6. The van der Waals surface area contributed by atoms with Crippen molar-refractivity contribution in [2.45, 2.75) is 52.0 Å². The molecule has 4 heterocycles. The van der Waals surface area contributed by atoms with Gasteiger partial charge in [-0.15, -0.1) is 0 Å². The fraction of sp³-hybridized carbons (Fsp3) is 0.444. The van der Waals surface area contributed by atoms with Gasteiger partial charge in [0.1, 0.15) is 6.10 Å². The minimum atomic E-state index is -1.02. The van der Waals surface area contributed by atoms with E-state index in [0.29, 0.717) is 17.9 Å². The number of fused-ring (bicyclic) bond motifs is 1. The van der Waals surface area contributed by atoms with E-state index >= 15 is 0 Å². The van der Waals surface area contributed by atoms with E-state index in [-0.39, 0.29) is 30.4 Å². The lowest BCUT2D eigenvalue weighted by atomic mass is 10.1. The lowest BCUT2D eigenvalue weighted by molar-refractivity contribution is 0.143. The maximum absolute atomic E-state index is 13.3. The second-order valence-corrected chi connectivity index (χ2v) is 7.27. The Bertz CT molecular complexity index is 960. The van der Waals surface area contributed by atoms with Gasteiger partial charge in [-0.2, -0.15) is 18.9 Å². The summed E-state index contributed by atoms with van der Waals surface area (Å²) in [5, 5.41) is 6.84. The molecule has 11 heteroatoms. The van der Waals surface area contributed by atoms with Gasteiger partial charge in [0.25, 0.3) is 0 Å². The second-order valence-electron chi connectivity index (χ2n) is 7.27. The predicted octanol–water partition coefficient (Wildman–Crippen LogP) is 2.73. The average Bonchev–Trinajstić information content (AvgIpc) is 3.12. The summed E-state index contributed by atoms with van der Waals surface area (Å²) >= 11 is 0. The first-order valence-corrected chi connectivity index (χ1v) is 9.20. The fourth-order valence-electron chi connectivity index (χ4n) is 3.60. The van der Waals surface area contributed by atoms with Crippen molar-refractivity contribution in [3.05, 3.63) is 35.9 Å². The molecule has 2 aliphatic heterocycles. The van der Waals surface area contributed by atoms with Crippen LogP contribution >= 0.6 is 0 Å². The first kappa shape index (κ1) is 19.1. The zero-order chi connectivity index (χ0) is 20.9. The van der Waals surface area contributed by atoms with Crippen LogP contribution in [0.1, 0.15) is 26.5 Å². The van der Waals surface area contributed by atoms with Crippen LogP contribution in [0.25, 0.3) is 0 Å². The van der Waals surface area contributed by atoms with Crippen molar-refractivity contribution in [3.63, 3.8) is 0 Å². The summed E-state index contributed by atoms with van der Waals surface area (Å²) in [5.41, 5.74) is 1.23. The third-order valence-electron chi connectivity index (χ3n) is 5.32. The summed E-state index contributed by atoms with van der Waals surface area (Å²) in [6.07, 6.45) is 0.863. The van der Waals surface area contributed by atoms with E-state index in [1.165, 1.54) is 9.80 Å². The molecular weight excluding hydrogens is 386 g/mol. The second kappa shape index (κ2) is 6.98. The highest BCUT2D eigenvalue weighted by Crippen LogP contribution is 2.33. The number of anilines is 2. The number of pyridine rings is 1. The maximum Gasteiger partial charge on any atom is 0.415 e. The molecule has 2 aliphatic rings. The van der Waals surface area contributed by atoms with Crippen LogP contribution in [0.5, 0.6) is 0 Å². The number of aromatic nitrogens is 3. The highest BCUT2D eigenvalue weighted by Gasteiger charge is 2.40. The molecule has 0 saturated carbocycles. The Kier molecular flexibility index (Phi) is 4.59. The highest BCUT2D eigenvalue weighted by molar-refractivity contribution is 5.92. The number of carbonyl (C=O) groups excluding carboxylic acids is 2. The minimum Gasteiger partial charge on any atom is -0.444 e. The molecule has 1 N–H and O–H groups in total. The topological polar surface area (TPSA) is 92.6 Å². The smallest absolute Gasteiger partial charge is 0.415 e. The number of amides is 3. The molecule has 3 atom stereocenters. The van der Waals surface area contributed by atoms with Crippen molar-refractivity contribution in [1.29, 1.82) is 0 Å². The van der Waals surface area contributed by atoms with E-state index in [4.69, 9.17) is 4.74 Å². The molecule has 0 bridgehead atoms. The summed E-state index contributed by atoms with van der Waals surface area (Å²) in [5.74, 6) is -2.05. The first-order valence-electron chi connectivity index (χ1n) is 9.20. The Morgan fingerprint density at radius 3 is 2.55 bits per heavy atom. The van der Waals surface area contributed by atoms with E-state index in [9.17, 15) is 18.4 Å². The molecule has 1 saturated heterocycles. The molecule has 4 rings (SSSR count). The van der Waals surface area contributed by atoms with Crippen molar-refractivity contribution < 1.29 is 23.1 Å². The number of cyclic esters (lactones) is 1. The minimum absolute atomic E-state index is 0.0305. The SMILES string of the molecule is C[C@@H]1OC(=O)N(c2cnn3c2CN(C(=O)Nc2cc(F)nc(F)c2)[C@@H](C)C3)[C@H]1C. The van der Waals surface area contributed by atoms with Gasteiger partial charge in [0, 0.05) is 12.1 Å². The molecule has 3 amide bonds. The van der Waals surface area contributed by atoms with Crippen molar-refractivity contribution >= 4 is 23.5 Å². The van der Waals surface area contributed by atoms with Crippen LogP contribution < -0.4 is 10.2 Å². The summed E-state index contributed by atoms with van der Waals surface area (Å²) in [6, 6.07) is 0.948. The standard InChI is InChI=1S/C18H20F2N6O3/c1-9-7-25-14(13(6-21-25)26-10(2)11(3)29-18(26)28)8-24(9)17(27)22-12-4-15(19)23-16(20)5-12/h4-6,9-11H,7-8H2,1-3H3,(H,22,23,27)/t9-,10-,11-/m0/s1. The third-order valence-corrected chi connectivity index (χ3v) is 5.32. The van der Waals surface area contributed by atoms with Crippen LogP contribution in [-0.2, 0) is 17.8 Å². The van der Waals surface area contributed by atoms with Crippen molar-refractivity contribution in [1.82, 2.24) is 19.7 Å². The van der Waals surface area contributed by atoms with Gasteiger partial charge >= 0.3 is 12.1 Å². The molecule has 29 heavy (non-hydrogen) atoms. The lowest BCUT2D eigenvalue weighted by Gasteiger charge is -2.35. The zero-order valence-corrected chi connectivity index (χ0v) is 16.1. The molecule has 0 radical (unpaired) electrons. The molecule has 2 aromatic rings. The van der Waals surface area contributed by atoms with Crippen LogP contribution in [0.15, 0.2) is 18.3 Å². The van der Waals surface area contributed by atoms with Gasteiger partial charge in [-0.3, -0.25) is 9.58 Å². The average molecular weight is 406 g/mol. The van der Waals surface area contributed by atoms with Gasteiger partial charge in [-0.25, -0.2) is 9.59 Å². The van der Waals surface area contributed by atoms with Crippen LogP contribution in [0.3, 0.4) is 0 Å². The van der Waals surface area contributed by atoms with E-state index in [2.05, 4.69) is 15.4 Å². The maximum atomic E-state index is 13.3. The highest BCUT2D eigenvalue weighted by atomic mass is 19.1. The van der Waals surface area contributed by atoms with Gasteiger partial charge in [-0.05, 0) is 20.8 Å². The number of nitrogens with one attached hydrogen (secondary N) is 1. The molecule has 154 valence electrons. The number of carbonyl (C=O) groups is 2. The number of nitrogens with zero attached hydrogens (tertiary/aromatic N) is 5. The number of hydrogen-bond acceptors (Lipinski definition) is 5. The third kappa shape index (κ3) is 3.36. The van der Waals surface area contributed by atoms with Gasteiger partial charge in [0.15, 0.2) is 0 Å². The van der Waals surface area contributed by atoms with Gasteiger partial charge in [-0.1, -0.05) is 0 Å². The Morgan fingerprint density at radius 1 is 1.24 bits per heavy atom. The van der Waals surface area contributed by atoms with E-state index in [1.54, 1.807) is 10.9 Å². The summed E-state index contributed by atoms with van der Waals surface area (Å²) in [7, 11) is 0. The first-order chi connectivity index (χ1) is 13.7. The van der Waals surface area contributed by atoms with Crippen LogP contribution in [0.4, 0.5) is 29.7 Å². The molecule has 0 spiro atoms. The predicted molar refractivity (Wildman–Crippen MR) is 98.3 cm³/mol. The molecule has 1 fully saturated rings. The largest absolute Gasteiger partial charge is 0.444 e. The van der Waals surface area contributed by atoms with E-state index in [1.807, 2.05) is 20.8 Å². The number of hydrogen-bond donors (Lipinski definition) is 1. The quantitative estimate of drug-likeness (QED) is 0.775. The molecule has 0 aliphatic carbocycles. The molecule has 2 aromatic heterocycles. The van der Waals surface area contributed by atoms with E-state index in [0.717, 1.165) is 12.1 Å². The monoisotopic (exact) mass is 406 g/mol. The van der Waals surface area contributed by atoms with Gasteiger partial charge in [0.2, 0.25) is 11.9 Å². The van der Waals surface area contributed by atoms with Crippen LogP contribution in [-0.4, -0.2) is 50.0 Å². The number of halogens is 2. The normalized spacial score (nSPS) is 23.8. The zero-order valence-electron chi connectivity index (χ0n) is 16.1. The molecule has 0 unspecified atom stereocenters. The summed E-state index contributed by atoms with van der Waals surface area (Å²) in [4.78, 5) is 31.1. The Balaban J connectivity index is 1.58. The van der Waals surface area contributed by atoms with Crippen LogP contribution in [0, 0.1) is 11.9 Å². The fourth-order valence-corrected chi connectivity index (χ4v) is 3.60. The van der Waals surface area contributed by atoms with Crippen molar-refractivity contribution in [2.24, 2.45) is 0 Å². The van der Waals surface area contributed by atoms with Crippen molar-refractivity contribution in [3.8, 4) is 0 Å². The Hall–Kier alpha value is -3.24. The molecule has 0 aromatic carbocycles. The number of rotatable bonds is 2. The summed E-state index contributed by atoms with van der Waals surface area (Å²) in [6.45, 7) is 6.11. The molecular formula is C18H20F2N6O3. The Morgan fingerprint density at radius 2 is 1.93 bits per heavy atom. The van der Waals surface area contributed by atoms with Gasteiger partial charge in [0.05, 0.1) is 48.4 Å². The van der Waals surface area contributed by atoms with Crippen LogP contribution in [0.2, 0.25) is 0 Å². The Labute approximate surface area is 165 Å². The molecule has 9 nitrogen and oxygen atoms in total. The lowest BCUT2D eigenvalue weighted by Crippen LogP contribution is -2.47. The number of ether oxygens (including phenoxy) is 1.